The van der Waals surface area contributed by atoms with Gasteiger partial charge >= 0.3 is 0 Å². The molecule has 1 fully saturated rings. The molecule has 4 atom stereocenters. The molecule has 0 radical (unpaired) electrons. The van der Waals surface area contributed by atoms with Crippen LogP contribution in [0.15, 0.2) is 53.5 Å². The smallest absolute Gasteiger partial charge is 0.218 e. The van der Waals surface area contributed by atoms with Gasteiger partial charge in [0, 0.05) is 24.0 Å². The Balaban J connectivity index is 1.61. The van der Waals surface area contributed by atoms with E-state index in [4.69, 9.17) is 14.5 Å². The van der Waals surface area contributed by atoms with Crippen molar-refractivity contribution in [2.45, 2.75) is 50.2 Å². The number of fused-ring (bicyclic) bond motifs is 11. The molecule has 0 spiro atoms. The van der Waals surface area contributed by atoms with Crippen LogP contribution in [0.3, 0.4) is 0 Å². The van der Waals surface area contributed by atoms with Crippen molar-refractivity contribution in [1.29, 1.82) is 5.26 Å². The Bertz CT molecular complexity index is 1080. The quantitative estimate of drug-likeness (QED) is 0.656. The minimum atomic E-state index is -0.759. The SMILES string of the molecule is C[C@]12C[C@H](c3ccccc3O1)N1C(=N[C@@]3(C)C[C@@H]1c1ccccc1O3)N2C#N. The number of nitrogens with zero attached hydrogens (tertiary/aromatic N) is 4. The normalized spacial score (nSPS) is 34.0. The van der Waals surface area contributed by atoms with Gasteiger partial charge in [0.15, 0.2) is 11.9 Å². The van der Waals surface area contributed by atoms with E-state index >= 15 is 0 Å². The summed E-state index contributed by atoms with van der Waals surface area (Å²) in [5.41, 5.74) is 0.849. The third-order valence-electron chi connectivity index (χ3n) is 6.37. The highest BCUT2D eigenvalue weighted by molar-refractivity contribution is 5.86. The first-order valence-electron chi connectivity index (χ1n) is 9.65. The lowest BCUT2D eigenvalue weighted by molar-refractivity contribution is -0.0978. The van der Waals surface area contributed by atoms with Crippen molar-refractivity contribution < 1.29 is 9.47 Å². The van der Waals surface area contributed by atoms with Crippen molar-refractivity contribution in [3.05, 3.63) is 59.7 Å². The largest absolute Gasteiger partial charge is 0.467 e. The lowest BCUT2D eigenvalue weighted by Gasteiger charge is -2.59. The number of benzene rings is 2. The fraction of sp³-hybridized carbons (Fsp3) is 0.364. The van der Waals surface area contributed by atoms with Gasteiger partial charge in [-0.15, -0.1) is 0 Å². The Morgan fingerprint density at radius 2 is 1.57 bits per heavy atom. The molecule has 4 aliphatic heterocycles. The van der Waals surface area contributed by atoms with Crippen molar-refractivity contribution in [2.75, 3.05) is 0 Å². The summed E-state index contributed by atoms with van der Waals surface area (Å²) in [5.74, 6) is 2.36. The van der Waals surface area contributed by atoms with Crippen molar-refractivity contribution in [1.82, 2.24) is 9.80 Å². The van der Waals surface area contributed by atoms with Crippen LogP contribution in [0.2, 0.25) is 0 Å². The number of hydrogen-bond donors (Lipinski definition) is 0. The van der Waals surface area contributed by atoms with Gasteiger partial charge in [-0.05, 0) is 26.0 Å². The summed E-state index contributed by atoms with van der Waals surface area (Å²) >= 11 is 0. The monoisotopic (exact) mass is 372 g/mol. The first kappa shape index (κ1) is 15.8. The van der Waals surface area contributed by atoms with E-state index in [1.165, 1.54) is 0 Å². The molecule has 4 aliphatic rings. The Labute approximate surface area is 163 Å². The molecule has 0 unspecified atom stereocenters. The molecule has 6 rings (SSSR count). The van der Waals surface area contributed by atoms with Crippen molar-refractivity contribution in [3.8, 4) is 17.7 Å². The fourth-order valence-electron chi connectivity index (χ4n) is 5.19. The van der Waals surface area contributed by atoms with E-state index in [1.54, 1.807) is 4.90 Å². The molecule has 0 amide bonds. The maximum atomic E-state index is 10.0. The lowest BCUT2D eigenvalue weighted by Crippen LogP contribution is -2.67. The van der Waals surface area contributed by atoms with Crippen LogP contribution in [0.5, 0.6) is 11.5 Å². The van der Waals surface area contributed by atoms with Crippen molar-refractivity contribution in [3.63, 3.8) is 0 Å². The summed E-state index contributed by atoms with van der Waals surface area (Å²) in [6, 6.07) is 16.5. The van der Waals surface area contributed by atoms with Gasteiger partial charge in [0.1, 0.15) is 11.5 Å². The summed E-state index contributed by atoms with van der Waals surface area (Å²) in [6.07, 6.45) is 3.79. The van der Waals surface area contributed by atoms with Gasteiger partial charge in [0.05, 0.1) is 12.1 Å². The lowest BCUT2D eigenvalue weighted by atomic mass is 9.83. The summed E-state index contributed by atoms with van der Waals surface area (Å²) < 4.78 is 12.6. The topological polar surface area (TPSA) is 61.1 Å². The van der Waals surface area contributed by atoms with Crippen molar-refractivity contribution >= 4 is 5.96 Å². The van der Waals surface area contributed by atoms with Gasteiger partial charge < -0.3 is 14.4 Å². The Kier molecular flexibility index (Phi) is 2.82. The van der Waals surface area contributed by atoms with Crippen LogP contribution in [-0.2, 0) is 0 Å². The Hall–Kier alpha value is -3.20. The second kappa shape index (κ2) is 4.99. The molecule has 4 heterocycles. The highest BCUT2D eigenvalue weighted by Crippen LogP contribution is 2.56. The second-order valence-corrected chi connectivity index (χ2v) is 8.32. The van der Waals surface area contributed by atoms with Crippen LogP contribution < -0.4 is 9.47 Å². The van der Waals surface area contributed by atoms with E-state index in [-0.39, 0.29) is 12.1 Å². The molecule has 0 aliphatic carbocycles. The van der Waals surface area contributed by atoms with Crippen LogP contribution in [0.4, 0.5) is 0 Å². The number of nitriles is 1. The molecule has 1 saturated heterocycles. The average Bonchev–Trinajstić information content (AvgIpc) is 2.67. The van der Waals surface area contributed by atoms with Gasteiger partial charge in [-0.1, -0.05) is 36.4 Å². The molecule has 0 aromatic heterocycles. The zero-order chi connectivity index (χ0) is 19.1. The summed E-state index contributed by atoms with van der Waals surface area (Å²) in [4.78, 5) is 8.89. The molecule has 0 N–H and O–H groups in total. The molecule has 2 aromatic rings. The van der Waals surface area contributed by atoms with Crippen LogP contribution in [0.1, 0.15) is 49.9 Å². The van der Waals surface area contributed by atoms with Crippen LogP contribution >= 0.6 is 0 Å². The highest BCUT2D eigenvalue weighted by atomic mass is 16.5. The standard InChI is InChI=1S/C22H20N4O2/c1-21-11-16(14-7-3-5-9-18(14)27-21)26-17-12-22(2,25(13-23)20(26)24-21)28-19-10-6-4-8-15(17)19/h3-10,16-17H,11-12H2,1-2H3/t16-,17-,21-,22-/m1/s1. The van der Waals surface area contributed by atoms with E-state index in [0.29, 0.717) is 12.4 Å². The average molecular weight is 372 g/mol. The third-order valence-corrected chi connectivity index (χ3v) is 6.37. The summed E-state index contributed by atoms with van der Waals surface area (Å²) in [5, 5.41) is 10.0. The van der Waals surface area contributed by atoms with E-state index in [1.807, 2.05) is 50.2 Å². The molecule has 6 nitrogen and oxygen atoms in total. The molecule has 6 heteroatoms. The molecule has 28 heavy (non-hydrogen) atoms. The van der Waals surface area contributed by atoms with Crippen LogP contribution in [0, 0.1) is 11.5 Å². The molecule has 2 aromatic carbocycles. The zero-order valence-corrected chi connectivity index (χ0v) is 15.8. The zero-order valence-electron chi connectivity index (χ0n) is 15.8. The predicted octanol–water partition coefficient (Wildman–Crippen LogP) is 3.93. The number of rotatable bonds is 0. The second-order valence-electron chi connectivity index (χ2n) is 8.32. The third kappa shape index (κ3) is 1.89. The van der Waals surface area contributed by atoms with Crippen LogP contribution in [-0.4, -0.2) is 27.2 Å². The minimum absolute atomic E-state index is 0.0963. The van der Waals surface area contributed by atoms with Gasteiger partial charge in [-0.25, -0.2) is 9.89 Å². The summed E-state index contributed by atoms with van der Waals surface area (Å²) in [7, 11) is 0. The minimum Gasteiger partial charge on any atom is -0.467 e. The highest BCUT2D eigenvalue weighted by Gasteiger charge is 2.58. The maximum absolute atomic E-state index is 10.0. The number of para-hydroxylation sites is 2. The fourth-order valence-corrected chi connectivity index (χ4v) is 5.19. The van der Waals surface area contributed by atoms with Gasteiger partial charge in [-0.2, -0.15) is 5.26 Å². The van der Waals surface area contributed by atoms with Gasteiger partial charge in [0.25, 0.3) is 0 Å². The summed E-state index contributed by atoms with van der Waals surface area (Å²) in [6.45, 7) is 3.97. The van der Waals surface area contributed by atoms with E-state index in [0.717, 1.165) is 29.0 Å². The number of aliphatic imine (C=N–C) groups is 1. The molecule has 4 bridgehead atoms. The Morgan fingerprint density at radius 1 is 0.964 bits per heavy atom. The predicted molar refractivity (Wildman–Crippen MR) is 102 cm³/mol. The van der Waals surface area contributed by atoms with Crippen molar-refractivity contribution in [2.24, 2.45) is 4.99 Å². The molecule has 140 valence electrons. The van der Waals surface area contributed by atoms with Gasteiger partial charge in [-0.3, -0.25) is 0 Å². The molecular formula is C22H20N4O2. The number of guanidine groups is 1. The van der Waals surface area contributed by atoms with E-state index in [9.17, 15) is 5.26 Å². The number of hydrogen-bond acceptors (Lipinski definition) is 6. The first-order valence-corrected chi connectivity index (χ1v) is 9.65. The van der Waals surface area contributed by atoms with E-state index in [2.05, 4.69) is 23.2 Å². The van der Waals surface area contributed by atoms with E-state index < -0.39 is 11.4 Å². The van der Waals surface area contributed by atoms with Gasteiger partial charge in [0.2, 0.25) is 11.7 Å². The molecular weight excluding hydrogens is 352 g/mol. The maximum Gasteiger partial charge on any atom is 0.218 e. The molecule has 0 saturated carbocycles. The first-order chi connectivity index (χ1) is 13.5. The number of ether oxygens (including phenoxy) is 2. The van der Waals surface area contributed by atoms with Crippen LogP contribution in [0.25, 0.3) is 0 Å². The Morgan fingerprint density at radius 3 is 2.25 bits per heavy atom.